The van der Waals surface area contributed by atoms with Gasteiger partial charge in [0.1, 0.15) is 33.5 Å². The summed E-state index contributed by atoms with van der Waals surface area (Å²) >= 11 is 0. The highest BCUT2D eigenvalue weighted by molar-refractivity contribution is 6.26. The van der Waals surface area contributed by atoms with Gasteiger partial charge in [-0.3, -0.25) is 0 Å². The molecule has 6 nitrogen and oxygen atoms in total. The van der Waals surface area contributed by atoms with E-state index < -0.39 is 0 Å². The Labute approximate surface area is 841 Å². The quantitative estimate of drug-likeness (QED) is 0.107. The molecule has 0 atom stereocenters. The zero-order chi connectivity index (χ0) is 96.2. The van der Waals surface area contributed by atoms with E-state index in [4.69, 9.17) is 13.3 Å². The lowest BCUT2D eigenvalue weighted by Crippen LogP contribution is -2.11. The number of nitrogens with zero attached hydrogens (tertiary/aromatic N) is 3. The second-order valence-electron chi connectivity index (χ2n) is 37.8. The van der Waals surface area contributed by atoms with Gasteiger partial charge in [-0.1, -0.05) is 419 Å². The van der Waals surface area contributed by atoms with Crippen LogP contribution in [0.3, 0.4) is 0 Å². The van der Waals surface area contributed by atoms with Crippen LogP contribution >= 0.6 is 0 Å². The van der Waals surface area contributed by atoms with Crippen LogP contribution in [0.4, 0.5) is 51.2 Å². The summed E-state index contributed by atoms with van der Waals surface area (Å²) in [4.78, 5) is 7.18. The molecule has 30 aromatic rings. The Morgan fingerprint density at radius 1 is 0.130 bits per heavy atom. The highest BCUT2D eigenvalue weighted by Gasteiger charge is 2.29. The van der Waals surface area contributed by atoms with Gasteiger partial charge in [-0.25, -0.2) is 0 Å². The topological polar surface area (TPSA) is 49.1 Å². The van der Waals surface area contributed by atoms with E-state index in [1.54, 1.807) is 0 Å². The maximum absolute atomic E-state index is 6.70. The number of hydrogen-bond acceptors (Lipinski definition) is 6. The molecule has 27 aromatic carbocycles. The Morgan fingerprint density at radius 2 is 0.390 bits per heavy atom. The summed E-state index contributed by atoms with van der Waals surface area (Å²) in [6.45, 7) is 0. The summed E-state index contributed by atoms with van der Waals surface area (Å²) in [5.41, 5.74) is 24.9. The van der Waals surface area contributed by atoms with Crippen molar-refractivity contribution in [3.63, 3.8) is 0 Å². The minimum Gasteiger partial charge on any atom is -0.455 e. The summed E-state index contributed by atoms with van der Waals surface area (Å²) in [6, 6.07) is 194. The Morgan fingerprint density at radius 3 is 0.849 bits per heavy atom. The zero-order valence-corrected chi connectivity index (χ0v) is 79.5. The van der Waals surface area contributed by atoms with Crippen LogP contribution < -0.4 is 14.7 Å². The van der Waals surface area contributed by atoms with Gasteiger partial charge < -0.3 is 28.0 Å². The molecule has 682 valence electrons. The number of benzene rings is 27. The largest absolute Gasteiger partial charge is 0.455 e. The van der Waals surface area contributed by atoms with Crippen molar-refractivity contribution in [2.24, 2.45) is 0 Å². The lowest BCUT2D eigenvalue weighted by Gasteiger charge is -2.28. The van der Waals surface area contributed by atoms with Crippen molar-refractivity contribution in [1.29, 1.82) is 0 Å². The monoisotopic (exact) mass is 1860 g/mol. The molecule has 0 aliphatic heterocycles. The number of anilines is 9. The standard InChI is InChI=1S/C52H33NO.C48H31NO.C40H25NO/c1-2-16-36(17-3-1)49-43-23-10-8-21-41(43)42-22-9-11-24-44(42)50(49)37-28-31-38(32-29-37)53(46-25-12-18-34-14-4-6-19-39(34)46)47-26-13-27-48-51(47)45-33-30-35-15-5-7-20-40(35)52(45)54-48;1-2-11-32(12-3-1)33-21-26-37(27-22-33)49(45-19-10-20-46-47(45)43-30-25-34-13-4-7-16-40(34)48(43)50-46)38-28-23-35(24-29-38)44-31-36-14-5-6-15-39(36)41-17-8-9-18-42(41)44;1-4-13-31-27(10-1)19-20-29-25-30(22-24-32(29)31)41(36-16-7-12-26-9-2-5-14-33(26)36)37-17-8-18-38-39(37)35-23-21-28-11-3-6-15-34(28)40(35)42-38/h1-33H;1-31H;1-25H. The molecule has 146 heavy (non-hydrogen) atoms. The van der Waals surface area contributed by atoms with Crippen molar-refractivity contribution in [1.82, 2.24) is 0 Å². The van der Waals surface area contributed by atoms with E-state index in [0.29, 0.717) is 0 Å². The van der Waals surface area contributed by atoms with Crippen molar-refractivity contribution < 1.29 is 13.3 Å². The number of hydrogen-bond donors (Lipinski definition) is 0. The normalized spacial score (nSPS) is 11.7. The van der Waals surface area contributed by atoms with Gasteiger partial charge in [-0.2, -0.15) is 0 Å². The fourth-order valence-electron chi connectivity index (χ4n) is 23.0. The van der Waals surface area contributed by atoms with Gasteiger partial charge in [0, 0.05) is 65.8 Å². The first-order chi connectivity index (χ1) is 72.4. The Hall–Kier alpha value is -19.4. The average Bonchev–Trinajstić information content (AvgIpc) is 1.39. The van der Waals surface area contributed by atoms with Crippen molar-refractivity contribution in [3.8, 4) is 44.5 Å². The SMILES string of the molecule is c1ccc(-c2c(-c3ccc(N(c4cccc5ccccc45)c4cccc5oc6c7ccccc7ccc6c45)cc3)c3ccccc3c3ccccc23)cc1.c1ccc(-c2ccc(N(c3ccc(-c4cc5ccccc5c5ccccc45)cc3)c3cccc4oc5c6ccccc6ccc5c34)cc2)cc1.c1ccc2c(N(c3ccc4c(ccc5ccccc54)c3)c3cccc4oc5c6ccccc6ccc5c34)cccc2c1. The molecule has 3 aromatic heterocycles. The highest BCUT2D eigenvalue weighted by atomic mass is 16.3. The van der Waals surface area contributed by atoms with Gasteiger partial charge in [0.15, 0.2) is 0 Å². The molecule has 0 fully saturated rings. The van der Waals surface area contributed by atoms with Gasteiger partial charge in [-0.05, 0) is 257 Å². The molecule has 0 amide bonds. The third-order valence-corrected chi connectivity index (χ3v) is 29.7. The summed E-state index contributed by atoms with van der Waals surface area (Å²) in [5, 5.41) is 33.4. The van der Waals surface area contributed by atoms with Crippen LogP contribution in [-0.4, -0.2) is 0 Å². The molecular formula is C140H89N3O3. The molecule has 6 heteroatoms. The van der Waals surface area contributed by atoms with Crippen LogP contribution in [0.25, 0.3) is 229 Å². The fourth-order valence-corrected chi connectivity index (χ4v) is 23.0. The third kappa shape index (κ3) is 14.4. The maximum atomic E-state index is 6.70. The van der Waals surface area contributed by atoms with E-state index in [-0.39, 0.29) is 0 Å². The molecule has 0 saturated carbocycles. The van der Waals surface area contributed by atoms with Crippen molar-refractivity contribution in [2.75, 3.05) is 14.7 Å². The first kappa shape index (κ1) is 84.7. The minimum absolute atomic E-state index is 0.871. The number of furan rings is 3. The van der Waals surface area contributed by atoms with Crippen LogP contribution in [0.1, 0.15) is 0 Å². The van der Waals surface area contributed by atoms with Crippen LogP contribution in [0.5, 0.6) is 0 Å². The molecule has 0 saturated heterocycles. The zero-order valence-electron chi connectivity index (χ0n) is 79.5. The first-order valence-corrected chi connectivity index (χ1v) is 50.0. The van der Waals surface area contributed by atoms with E-state index >= 15 is 0 Å². The molecule has 0 unspecified atom stereocenters. The van der Waals surface area contributed by atoms with Crippen LogP contribution in [0.15, 0.2) is 553 Å². The molecule has 0 aliphatic rings. The molecule has 0 bridgehead atoms. The molecule has 30 rings (SSSR count). The van der Waals surface area contributed by atoms with E-state index in [1.807, 2.05) is 0 Å². The van der Waals surface area contributed by atoms with Crippen LogP contribution in [0, 0.1) is 0 Å². The van der Waals surface area contributed by atoms with E-state index in [0.717, 1.165) is 133 Å². The Balaban J connectivity index is 0.000000107. The lowest BCUT2D eigenvalue weighted by atomic mass is 9.85. The second kappa shape index (κ2) is 35.4. The predicted octanol–water partition coefficient (Wildman–Crippen LogP) is 40.5. The molecule has 0 spiro atoms. The molecule has 0 N–H and O–H groups in total. The minimum atomic E-state index is 0.871. The second-order valence-corrected chi connectivity index (χ2v) is 37.8. The van der Waals surface area contributed by atoms with E-state index in [2.05, 4.69) is 555 Å². The van der Waals surface area contributed by atoms with Crippen LogP contribution in [0.2, 0.25) is 0 Å². The molecule has 0 radical (unpaired) electrons. The predicted molar refractivity (Wildman–Crippen MR) is 620 cm³/mol. The van der Waals surface area contributed by atoms with Crippen molar-refractivity contribution >= 4 is 235 Å². The van der Waals surface area contributed by atoms with E-state index in [1.165, 1.54) is 147 Å². The highest BCUT2D eigenvalue weighted by Crippen LogP contribution is 2.54. The average molecular weight is 1860 g/mol. The maximum Gasteiger partial charge on any atom is 0.143 e. The Bertz CT molecular complexity index is 10400. The smallest absolute Gasteiger partial charge is 0.143 e. The fraction of sp³-hybridized carbons (Fsp3) is 0. The third-order valence-electron chi connectivity index (χ3n) is 29.7. The summed E-state index contributed by atoms with van der Waals surface area (Å²) in [6.07, 6.45) is 0. The van der Waals surface area contributed by atoms with Gasteiger partial charge in [0.2, 0.25) is 0 Å². The van der Waals surface area contributed by atoms with Gasteiger partial charge in [-0.15, -0.1) is 0 Å². The van der Waals surface area contributed by atoms with Gasteiger partial charge in [0.05, 0.1) is 44.6 Å². The molecule has 0 aliphatic carbocycles. The summed E-state index contributed by atoms with van der Waals surface area (Å²) in [5.74, 6) is 0. The van der Waals surface area contributed by atoms with Gasteiger partial charge in [0.25, 0.3) is 0 Å². The lowest BCUT2D eigenvalue weighted by molar-refractivity contribution is 0.672. The number of fused-ring (bicyclic) bond motifs is 26. The summed E-state index contributed by atoms with van der Waals surface area (Å²) < 4.78 is 19.9. The number of rotatable bonds is 13. The first-order valence-electron chi connectivity index (χ1n) is 50.0. The summed E-state index contributed by atoms with van der Waals surface area (Å²) in [7, 11) is 0. The van der Waals surface area contributed by atoms with Crippen LogP contribution in [-0.2, 0) is 0 Å². The van der Waals surface area contributed by atoms with Crippen molar-refractivity contribution in [2.45, 2.75) is 0 Å². The Kier molecular flexibility index (Phi) is 20.5. The molecule has 3 heterocycles. The van der Waals surface area contributed by atoms with E-state index in [9.17, 15) is 0 Å². The van der Waals surface area contributed by atoms with Gasteiger partial charge >= 0.3 is 0 Å². The molecular weight excluding hydrogens is 1770 g/mol. The van der Waals surface area contributed by atoms with Crippen molar-refractivity contribution in [3.05, 3.63) is 540 Å².